The number of nitrogens with two attached hydrogens (primary N) is 1. The van der Waals surface area contributed by atoms with Gasteiger partial charge in [0, 0.05) is 12.0 Å². The van der Waals surface area contributed by atoms with E-state index in [2.05, 4.69) is 21.7 Å². The van der Waals surface area contributed by atoms with Crippen molar-refractivity contribution in [3.05, 3.63) is 42.0 Å². The van der Waals surface area contributed by atoms with E-state index >= 15 is 0 Å². The van der Waals surface area contributed by atoms with Gasteiger partial charge in [-0.1, -0.05) is 18.2 Å². The molecule has 106 valence electrons. The van der Waals surface area contributed by atoms with Gasteiger partial charge in [-0.15, -0.1) is 0 Å². The Kier molecular flexibility index (Phi) is 2.67. The summed E-state index contributed by atoms with van der Waals surface area (Å²) in [5.41, 5.74) is 9.67. The highest BCUT2D eigenvalue weighted by atomic mass is 16.6. The van der Waals surface area contributed by atoms with Crippen molar-refractivity contribution < 1.29 is 9.37 Å². The first-order chi connectivity index (χ1) is 10.3. The zero-order valence-electron chi connectivity index (χ0n) is 11.2. The van der Waals surface area contributed by atoms with Crippen LogP contribution in [0.4, 0.5) is 11.4 Å². The molecule has 0 saturated heterocycles. The van der Waals surface area contributed by atoms with Gasteiger partial charge in [-0.3, -0.25) is 0 Å². The number of hydrogen-bond donors (Lipinski definition) is 2. The first-order valence-corrected chi connectivity index (χ1v) is 6.82. The molecule has 2 heterocycles. The molecule has 1 aliphatic rings. The Morgan fingerprint density at radius 3 is 2.90 bits per heavy atom. The van der Waals surface area contributed by atoms with Crippen LogP contribution in [-0.4, -0.2) is 16.9 Å². The fraction of sp³-hybridized carbons (Fsp3) is 0.200. The minimum Gasteiger partial charge on any atom is -0.493 e. The predicted octanol–water partition coefficient (Wildman–Crippen LogP) is 2.74. The lowest BCUT2D eigenvalue weighted by Gasteiger charge is -2.27. The molecule has 1 unspecified atom stereocenters. The largest absolute Gasteiger partial charge is 0.493 e. The van der Waals surface area contributed by atoms with Crippen molar-refractivity contribution in [3.8, 4) is 5.75 Å². The molecule has 0 fully saturated rings. The average Bonchev–Trinajstić information content (AvgIpc) is 3.01. The van der Waals surface area contributed by atoms with Crippen LogP contribution in [-0.2, 0) is 0 Å². The van der Waals surface area contributed by atoms with Crippen molar-refractivity contribution in [3.63, 3.8) is 0 Å². The van der Waals surface area contributed by atoms with Crippen molar-refractivity contribution in [2.45, 2.75) is 12.5 Å². The van der Waals surface area contributed by atoms with Crippen molar-refractivity contribution >= 4 is 22.4 Å². The van der Waals surface area contributed by atoms with Gasteiger partial charge in [0.05, 0.1) is 24.0 Å². The maximum Gasteiger partial charge on any atom is 0.160 e. The molecular formula is C15H14N4O2. The minimum atomic E-state index is 0.165. The van der Waals surface area contributed by atoms with E-state index in [1.807, 2.05) is 24.3 Å². The summed E-state index contributed by atoms with van der Waals surface area (Å²) >= 11 is 0. The zero-order chi connectivity index (χ0) is 14.2. The van der Waals surface area contributed by atoms with Gasteiger partial charge in [0.2, 0.25) is 0 Å². The van der Waals surface area contributed by atoms with Gasteiger partial charge in [0.1, 0.15) is 5.75 Å². The Balaban J connectivity index is 1.73. The second-order valence-corrected chi connectivity index (χ2v) is 5.04. The first kappa shape index (κ1) is 12.0. The second-order valence-electron chi connectivity index (χ2n) is 5.04. The number of fused-ring (bicyclic) bond motifs is 2. The van der Waals surface area contributed by atoms with Gasteiger partial charge < -0.3 is 15.8 Å². The van der Waals surface area contributed by atoms with Crippen molar-refractivity contribution in [2.75, 3.05) is 17.7 Å². The molecule has 3 aromatic rings. The van der Waals surface area contributed by atoms with Gasteiger partial charge in [-0.05, 0) is 28.5 Å². The Bertz CT molecular complexity index is 799. The summed E-state index contributed by atoms with van der Waals surface area (Å²) in [7, 11) is 0. The number of para-hydroxylation sites is 1. The van der Waals surface area contributed by atoms with Crippen molar-refractivity contribution in [1.29, 1.82) is 0 Å². The fourth-order valence-corrected chi connectivity index (χ4v) is 2.68. The number of nitrogens with zero attached hydrogens (tertiary/aromatic N) is 2. The lowest BCUT2D eigenvalue weighted by molar-refractivity contribution is 0.274. The van der Waals surface area contributed by atoms with E-state index in [0.29, 0.717) is 23.3 Å². The molecule has 0 radical (unpaired) electrons. The summed E-state index contributed by atoms with van der Waals surface area (Å²) in [6.45, 7) is 0.684. The molecule has 1 aromatic heterocycles. The van der Waals surface area contributed by atoms with Gasteiger partial charge in [0.25, 0.3) is 0 Å². The van der Waals surface area contributed by atoms with Crippen LogP contribution in [0.3, 0.4) is 0 Å². The van der Waals surface area contributed by atoms with E-state index in [1.54, 1.807) is 6.07 Å². The highest BCUT2D eigenvalue weighted by molar-refractivity contribution is 5.95. The summed E-state index contributed by atoms with van der Waals surface area (Å²) in [4.78, 5) is 0. The third-order valence-electron chi connectivity index (χ3n) is 3.73. The van der Waals surface area contributed by atoms with Crippen LogP contribution in [0.5, 0.6) is 5.75 Å². The number of nitrogens with one attached hydrogen (secondary N) is 1. The number of hydrogen-bond acceptors (Lipinski definition) is 6. The average molecular weight is 282 g/mol. The number of ether oxygens (including phenoxy) is 1. The summed E-state index contributed by atoms with van der Waals surface area (Å²) in [6, 6.07) is 11.9. The smallest absolute Gasteiger partial charge is 0.160 e. The van der Waals surface area contributed by atoms with Crippen LogP contribution in [0, 0.1) is 0 Å². The quantitative estimate of drug-likeness (QED) is 0.703. The van der Waals surface area contributed by atoms with Crippen LogP contribution in [0.2, 0.25) is 0 Å². The van der Waals surface area contributed by atoms with Crippen LogP contribution < -0.4 is 15.8 Å². The van der Waals surface area contributed by atoms with Crippen molar-refractivity contribution in [2.24, 2.45) is 0 Å². The number of nitrogen functional groups attached to an aromatic ring is 1. The standard InChI is InChI=1S/C15H14N4O2/c16-10-5-6-12(15-14(10)18-21-19-15)17-11-7-8-20-13-4-2-1-3-9(11)13/h1-6,11,17H,7-8,16H2. The second kappa shape index (κ2) is 4.66. The highest BCUT2D eigenvalue weighted by Crippen LogP contribution is 2.35. The zero-order valence-corrected chi connectivity index (χ0v) is 11.2. The lowest BCUT2D eigenvalue weighted by atomic mass is 10.00. The highest BCUT2D eigenvalue weighted by Gasteiger charge is 2.22. The van der Waals surface area contributed by atoms with E-state index in [-0.39, 0.29) is 6.04 Å². The molecule has 4 rings (SSSR count). The van der Waals surface area contributed by atoms with E-state index in [9.17, 15) is 0 Å². The van der Waals surface area contributed by atoms with E-state index in [4.69, 9.17) is 15.1 Å². The van der Waals surface area contributed by atoms with Crippen LogP contribution in [0.15, 0.2) is 41.0 Å². The first-order valence-electron chi connectivity index (χ1n) is 6.82. The monoisotopic (exact) mass is 282 g/mol. The third-order valence-corrected chi connectivity index (χ3v) is 3.73. The summed E-state index contributed by atoms with van der Waals surface area (Å²) in [5, 5.41) is 11.3. The SMILES string of the molecule is Nc1ccc(NC2CCOc3ccccc32)c2nonc12. The number of aromatic nitrogens is 2. The number of benzene rings is 2. The lowest BCUT2D eigenvalue weighted by Crippen LogP contribution is -2.20. The van der Waals surface area contributed by atoms with Gasteiger partial charge >= 0.3 is 0 Å². The molecule has 0 bridgehead atoms. The molecule has 0 amide bonds. The number of rotatable bonds is 2. The van der Waals surface area contributed by atoms with Gasteiger partial charge in [0.15, 0.2) is 11.0 Å². The number of anilines is 2. The van der Waals surface area contributed by atoms with E-state index in [1.165, 1.54) is 0 Å². The minimum absolute atomic E-state index is 0.165. The Labute approximate surface area is 120 Å². The normalized spacial score (nSPS) is 17.2. The summed E-state index contributed by atoms with van der Waals surface area (Å²) < 4.78 is 10.5. The topological polar surface area (TPSA) is 86.2 Å². The van der Waals surface area contributed by atoms with Gasteiger partial charge in [-0.2, -0.15) is 0 Å². The van der Waals surface area contributed by atoms with Gasteiger partial charge in [-0.25, -0.2) is 4.63 Å². The van der Waals surface area contributed by atoms with Crippen LogP contribution in [0.1, 0.15) is 18.0 Å². The Morgan fingerprint density at radius 1 is 1.10 bits per heavy atom. The third kappa shape index (κ3) is 1.96. The van der Waals surface area contributed by atoms with Crippen LogP contribution in [0.25, 0.3) is 11.0 Å². The van der Waals surface area contributed by atoms with E-state index in [0.717, 1.165) is 23.4 Å². The maximum atomic E-state index is 5.87. The summed E-state index contributed by atoms with van der Waals surface area (Å²) in [6.07, 6.45) is 0.883. The maximum absolute atomic E-state index is 5.87. The molecule has 2 aromatic carbocycles. The Hall–Kier alpha value is -2.76. The molecule has 0 saturated carbocycles. The molecule has 1 aliphatic heterocycles. The Morgan fingerprint density at radius 2 is 1.95 bits per heavy atom. The van der Waals surface area contributed by atoms with Crippen LogP contribution >= 0.6 is 0 Å². The molecule has 0 aliphatic carbocycles. The molecule has 3 N–H and O–H groups in total. The predicted molar refractivity (Wildman–Crippen MR) is 79.1 cm³/mol. The molecular weight excluding hydrogens is 268 g/mol. The van der Waals surface area contributed by atoms with Crippen molar-refractivity contribution in [1.82, 2.24) is 10.3 Å². The fourth-order valence-electron chi connectivity index (χ4n) is 2.68. The molecule has 6 heteroatoms. The molecule has 1 atom stereocenters. The molecule has 0 spiro atoms. The van der Waals surface area contributed by atoms with E-state index < -0.39 is 0 Å². The summed E-state index contributed by atoms with van der Waals surface area (Å²) in [5.74, 6) is 0.922. The molecule has 6 nitrogen and oxygen atoms in total. The molecule has 21 heavy (non-hydrogen) atoms.